The molecule has 2 aromatic carbocycles. The molecule has 1 atom stereocenters. The smallest absolute Gasteiger partial charge is 0.326 e. The van der Waals surface area contributed by atoms with Gasteiger partial charge in [-0.25, -0.2) is 4.79 Å². The van der Waals surface area contributed by atoms with E-state index in [2.05, 4.69) is 0 Å². The molecule has 3 rings (SSSR count). The summed E-state index contributed by atoms with van der Waals surface area (Å²) in [5, 5.41) is 9.88. The molecule has 1 aliphatic heterocycles. The van der Waals surface area contributed by atoms with Gasteiger partial charge < -0.3 is 14.7 Å². The number of carbonyl (C=O) groups is 2. The van der Waals surface area contributed by atoms with Crippen LogP contribution in [-0.4, -0.2) is 34.5 Å². The van der Waals surface area contributed by atoms with E-state index in [-0.39, 0.29) is 5.91 Å². The molecule has 5 nitrogen and oxygen atoms in total. The Morgan fingerprint density at radius 3 is 2.76 bits per heavy atom. The molecule has 25 heavy (non-hydrogen) atoms. The van der Waals surface area contributed by atoms with Crippen LogP contribution in [0.5, 0.6) is 5.75 Å². The van der Waals surface area contributed by atoms with E-state index in [1.54, 1.807) is 30.3 Å². The third-order valence-corrected chi connectivity index (χ3v) is 4.41. The van der Waals surface area contributed by atoms with Gasteiger partial charge in [-0.05, 0) is 48.7 Å². The van der Waals surface area contributed by atoms with Crippen molar-refractivity contribution < 1.29 is 19.4 Å². The summed E-state index contributed by atoms with van der Waals surface area (Å²) in [6.45, 7) is 0.795. The monoisotopic (exact) mass is 359 g/mol. The maximum Gasteiger partial charge on any atom is 0.326 e. The molecule has 1 unspecified atom stereocenters. The van der Waals surface area contributed by atoms with Crippen molar-refractivity contribution in [1.82, 2.24) is 4.90 Å². The van der Waals surface area contributed by atoms with Gasteiger partial charge in [0.2, 0.25) is 0 Å². The van der Waals surface area contributed by atoms with Gasteiger partial charge in [0.15, 0.2) is 0 Å². The van der Waals surface area contributed by atoms with Crippen molar-refractivity contribution in [2.45, 2.75) is 25.5 Å². The molecule has 6 heteroatoms. The van der Waals surface area contributed by atoms with Crippen LogP contribution < -0.4 is 4.74 Å². The maximum atomic E-state index is 12.6. The molecule has 0 bridgehead atoms. The second-order valence-electron chi connectivity index (χ2n) is 5.94. The molecule has 0 aliphatic carbocycles. The van der Waals surface area contributed by atoms with Crippen LogP contribution in [0.1, 0.15) is 28.8 Å². The fourth-order valence-corrected chi connectivity index (χ4v) is 3.16. The lowest BCUT2D eigenvalue weighted by Gasteiger charge is -2.21. The van der Waals surface area contributed by atoms with Crippen LogP contribution in [-0.2, 0) is 11.4 Å². The number of rotatable bonds is 5. The molecular weight excluding hydrogens is 342 g/mol. The summed E-state index contributed by atoms with van der Waals surface area (Å²) in [4.78, 5) is 25.3. The second kappa shape index (κ2) is 7.57. The molecule has 1 heterocycles. The summed E-state index contributed by atoms with van der Waals surface area (Å²) in [6, 6.07) is 13.4. The molecule has 1 amide bonds. The van der Waals surface area contributed by atoms with E-state index >= 15 is 0 Å². The highest BCUT2D eigenvalue weighted by atomic mass is 35.5. The molecule has 1 N–H and O–H groups in total. The first-order chi connectivity index (χ1) is 12.0. The van der Waals surface area contributed by atoms with Crippen molar-refractivity contribution >= 4 is 23.5 Å². The van der Waals surface area contributed by atoms with Crippen LogP contribution in [0.3, 0.4) is 0 Å². The fourth-order valence-electron chi connectivity index (χ4n) is 2.94. The first-order valence-electron chi connectivity index (χ1n) is 8.05. The number of hydrogen-bond donors (Lipinski definition) is 1. The number of halogens is 1. The van der Waals surface area contributed by atoms with E-state index in [1.807, 2.05) is 18.2 Å². The molecule has 0 aromatic heterocycles. The van der Waals surface area contributed by atoms with Crippen LogP contribution in [0.25, 0.3) is 0 Å². The lowest BCUT2D eigenvalue weighted by Crippen LogP contribution is -2.40. The van der Waals surface area contributed by atoms with Crippen molar-refractivity contribution in [3.8, 4) is 5.75 Å². The number of hydrogen-bond acceptors (Lipinski definition) is 3. The number of amides is 1. The third-order valence-electron chi connectivity index (χ3n) is 4.17. The van der Waals surface area contributed by atoms with Crippen LogP contribution in [0, 0.1) is 0 Å². The Hall–Kier alpha value is -2.53. The molecule has 1 fully saturated rings. The second-order valence-corrected chi connectivity index (χ2v) is 6.38. The number of aliphatic carboxylic acids is 1. The van der Waals surface area contributed by atoms with Gasteiger partial charge in [0.1, 0.15) is 18.4 Å². The van der Waals surface area contributed by atoms with Gasteiger partial charge in [-0.1, -0.05) is 29.8 Å². The summed E-state index contributed by atoms with van der Waals surface area (Å²) in [6.07, 6.45) is 1.19. The average Bonchev–Trinajstić information content (AvgIpc) is 3.10. The van der Waals surface area contributed by atoms with Crippen molar-refractivity contribution in [1.29, 1.82) is 0 Å². The first kappa shape index (κ1) is 17.3. The number of nitrogens with zero attached hydrogens (tertiary/aromatic N) is 1. The van der Waals surface area contributed by atoms with E-state index in [0.717, 1.165) is 5.56 Å². The molecule has 0 saturated carbocycles. The zero-order chi connectivity index (χ0) is 17.8. The predicted octanol–water partition coefficient (Wildman–Crippen LogP) is 3.61. The number of likely N-dealkylation sites (tertiary alicyclic amines) is 1. The van der Waals surface area contributed by atoms with E-state index < -0.39 is 12.0 Å². The van der Waals surface area contributed by atoms with Gasteiger partial charge in [-0.2, -0.15) is 0 Å². The molecule has 1 aliphatic rings. The van der Waals surface area contributed by atoms with Crippen LogP contribution in [0.15, 0.2) is 48.5 Å². The Morgan fingerprint density at radius 1 is 1.20 bits per heavy atom. The van der Waals surface area contributed by atoms with E-state index in [1.165, 1.54) is 4.90 Å². The Morgan fingerprint density at radius 2 is 2.00 bits per heavy atom. The van der Waals surface area contributed by atoms with Crippen LogP contribution in [0.2, 0.25) is 5.02 Å². The Labute approximate surface area is 150 Å². The molecule has 1 saturated heterocycles. The fraction of sp³-hybridized carbons (Fsp3) is 0.263. The minimum atomic E-state index is -0.959. The molecule has 130 valence electrons. The number of carboxylic acids is 1. The minimum Gasteiger partial charge on any atom is -0.489 e. The zero-order valence-electron chi connectivity index (χ0n) is 13.5. The molecular formula is C19H18ClNO4. The lowest BCUT2D eigenvalue weighted by atomic mass is 10.1. The summed E-state index contributed by atoms with van der Waals surface area (Å²) < 4.78 is 5.73. The Bertz CT molecular complexity index is 792. The highest BCUT2D eigenvalue weighted by Gasteiger charge is 2.34. The van der Waals surface area contributed by atoms with Gasteiger partial charge in [-0.3, -0.25) is 4.79 Å². The third kappa shape index (κ3) is 4.12. The molecule has 0 radical (unpaired) electrons. The quantitative estimate of drug-likeness (QED) is 0.885. The Balaban J connectivity index is 1.70. The van der Waals surface area contributed by atoms with Crippen LogP contribution >= 0.6 is 11.6 Å². The van der Waals surface area contributed by atoms with Gasteiger partial charge >= 0.3 is 5.97 Å². The highest BCUT2D eigenvalue weighted by Crippen LogP contribution is 2.23. The average molecular weight is 360 g/mol. The number of carbonyl (C=O) groups excluding carboxylic acids is 1. The normalized spacial score (nSPS) is 16.7. The van der Waals surface area contributed by atoms with Gasteiger partial charge in [0, 0.05) is 17.1 Å². The standard InChI is InChI=1S/C19H18ClNO4/c20-15-6-1-4-13(10-15)12-25-16-7-2-5-14(11-16)18(22)21-9-3-8-17(21)19(23)24/h1-2,4-7,10-11,17H,3,8-9,12H2,(H,23,24). The first-order valence-corrected chi connectivity index (χ1v) is 8.43. The summed E-state index contributed by atoms with van der Waals surface area (Å²) in [5.41, 5.74) is 1.35. The van der Waals surface area contributed by atoms with Crippen molar-refractivity contribution in [3.63, 3.8) is 0 Å². The van der Waals surface area contributed by atoms with Gasteiger partial charge in [0.05, 0.1) is 0 Å². The van der Waals surface area contributed by atoms with E-state index in [0.29, 0.717) is 42.3 Å². The van der Waals surface area contributed by atoms with Gasteiger partial charge in [-0.15, -0.1) is 0 Å². The predicted molar refractivity (Wildman–Crippen MR) is 93.9 cm³/mol. The summed E-state index contributed by atoms with van der Waals surface area (Å²) in [5.74, 6) is -0.686. The van der Waals surface area contributed by atoms with E-state index in [9.17, 15) is 14.7 Å². The van der Waals surface area contributed by atoms with Gasteiger partial charge in [0.25, 0.3) is 5.91 Å². The van der Waals surface area contributed by atoms with E-state index in [4.69, 9.17) is 16.3 Å². The number of ether oxygens (including phenoxy) is 1. The molecule has 2 aromatic rings. The Kier molecular flexibility index (Phi) is 5.24. The minimum absolute atomic E-state index is 0.280. The SMILES string of the molecule is O=C(O)C1CCCN1C(=O)c1cccc(OCc2cccc(Cl)c2)c1. The van der Waals surface area contributed by atoms with Crippen LogP contribution in [0.4, 0.5) is 0 Å². The summed E-state index contributed by atoms with van der Waals surface area (Å²) >= 11 is 5.95. The van der Waals surface area contributed by atoms with Crippen molar-refractivity contribution in [2.24, 2.45) is 0 Å². The zero-order valence-corrected chi connectivity index (χ0v) is 14.3. The van der Waals surface area contributed by atoms with Crippen molar-refractivity contribution in [2.75, 3.05) is 6.54 Å². The lowest BCUT2D eigenvalue weighted by molar-refractivity contribution is -0.141. The maximum absolute atomic E-state index is 12.6. The topological polar surface area (TPSA) is 66.8 Å². The number of benzene rings is 2. The largest absolute Gasteiger partial charge is 0.489 e. The summed E-state index contributed by atoms with van der Waals surface area (Å²) in [7, 11) is 0. The highest BCUT2D eigenvalue weighted by molar-refractivity contribution is 6.30. The molecule has 0 spiro atoms. The van der Waals surface area contributed by atoms with Crippen molar-refractivity contribution in [3.05, 3.63) is 64.7 Å². The number of carboxylic acid groups (broad SMARTS) is 1.